The highest BCUT2D eigenvalue weighted by Gasteiger charge is 2.24. The van der Waals surface area contributed by atoms with E-state index in [-0.39, 0.29) is 23.8 Å². The lowest BCUT2D eigenvalue weighted by Gasteiger charge is -2.18. The molecule has 0 fully saturated rings. The molecule has 1 atom stereocenters. The summed E-state index contributed by atoms with van der Waals surface area (Å²) in [6.45, 7) is 3.87. The van der Waals surface area contributed by atoms with Crippen LogP contribution >= 0.6 is 0 Å². The van der Waals surface area contributed by atoms with Gasteiger partial charge in [-0.05, 0) is 54.8 Å². The maximum Gasteiger partial charge on any atom is 0.305 e. The number of nitrogens with zero attached hydrogens (tertiary/aromatic N) is 2. The summed E-state index contributed by atoms with van der Waals surface area (Å²) in [7, 11) is 1.45. The standard InChI is InChI=1S/C24H26FN3O5/c1-14(2)11-16(12-22(30)31)26-24(32)18-13-19(23-20(29)5-4-6-21(23)33-3)28(27-18)17-9-7-15(25)8-10-17/h4-10,13-14,16,29H,11-12H2,1-3H3,(H,26,32)(H,30,31)/t16-/m0/s1. The molecule has 0 saturated heterocycles. The van der Waals surface area contributed by atoms with Gasteiger partial charge in [0.1, 0.15) is 17.3 Å². The molecule has 3 N–H and O–H groups in total. The molecule has 3 rings (SSSR count). The van der Waals surface area contributed by atoms with Gasteiger partial charge in [0.2, 0.25) is 0 Å². The zero-order valence-corrected chi connectivity index (χ0v) is 18.6. The van der Waals surface area contributed by atoms with Gasteiger partial charge in [-0.3, -0.25) is 9.59 Å². The first-order chi connectivity index (χ1) is 15.7. The van der Waals surface area contributed by atoms with Gasteiger partial charge in [-0.2, -0.15) is 5.10 Å². The Morgan fingerprint density at radius 1 is 1.18 bits per heavy atom. The number of hydrogen-bond donors (Lipinski definition) is 3. The van der Waals surface area contributed by atoms with Crippen LogP contribution in [0.25, 0.3) is 16.9 Å². The number of carbonyl (C=O) groups is 2. The zero-order chi connectivity index (χ0) is 24.1. The summed E-state index contributed by atoms with van der Waals surface area (Å²) < 4.78 is 20.3. The highest BCUT2D eigenvalue weighted by atomic mass is 19.1. The van der Waals surface area contributed by atoms with Crippen LogP contribution < -0.4 is 10.1 Å². The number of phenols is 1. The van der Waals surface area contributed by atoms with Gasteiger partial charge in [0.05, 0.1) is 30.5 Å². The van der Waals surface area contributed by atoms with E-state index in [1.54, 1.807) is 12.1 Å². The van der Waals surface area contributed by atoms with Crippen LogP contribution in [0.4, 0.5) is 4.39 Å². The van der Waals surface area contributed by atoms with Crippen molar-refractivity contribution in [1.29, 1.82) is 0 Å². The minimum Gasteiger partial charge on any atom is -0.507 e. The van der Waals surface area contributed by atoms with Crippen LogP contribution in [0.5, 0.6) is 11.5 Å². The van der Waals surface area contributed by atoms with E-state index in [1.165, 1.54) is 48.2 Å². The number of aromatic nitrogens is 2. The van der Waals surface area contributed by atoms with Gasteiger partial charge in [0.15, 0.2) is 5.69 Å². The van der Waals surface area contributed by atoms with Crippen LogP contribution in [0, 0.1) is 11.7 Å². The van der Waals surface area contributed by atoms with E-state index in [0.29, 0.717) is 29.1 Å². The van der Waals surface area contributed by atoms with Crippen molar-refractivity contribution in [2.45, 2.75) is 32.7 Å². The first-order valence-corrected chi connectivity index (χ1v) is 10.4. The minimum atomic E-state index is -1.02. The summed E-state index contributed by atoms with van der Waals surface area (Å²) in [5.74, 6) is -1.57. The Bertz CT molecular complexity index is 1140. The first-order valence-electron chi connectivity index (χ1n) is 10.4. The molecular formula is C24H26FN3O5. The quantitative estimate of drug-likeness (QED) is 0.449. The third kappa shape index (κ3) is 5.68. The van der Waals surface area contributed by atoms with E-state index in [0.717, 1.165) is 0 Å². The number of rotatable bonds is 9. The molecule has 33 heavy (non-hydrogen) atoms. The summed E-state index contributed by atoms with van der Waals surface area (Å²) in [4.78, 5) is 24.2. The van der Waals surface area contributed by atoms with Crippen molar-refractivity contribution in [3.63, 3.8) is 0 Å². The molecule has 0 bridgehead atoms. The second-order valence-electron chi connectivity index (χ2n) is 8.06. The molecule has 0 spiro atoms. The molecule has 1 amide bonds. The Balaban J connectivity index is 2.07. The average molecular weight is 455 g/mol. The van der Waals surface area contributed by atoms with Crippen molar-refractivity contribution in [1.82, 2.24) is 15.1 Å². The molecule has 0 unspecified atom stereocenters. The molecule has 8 nitrogen and oxygen atoms in total. The van der Waals surface area contributed by atoms with Gasteiger partial charge in [0, 0.05) is 6.04 Å². The second-order valence-corrected chi connectivity index (χ2v) is 8.06. The summed E-state index contributed by atoms with van der Waals surface area (Å²) in [6, 6.07) is 11.2. The topological polar surface area (TPSA) is 114 Å². The van der Waals surface area contributed by atoms with Gasteiger partial charge in [-0.15, -0.1) is 0 Å². The maximum absolute atomic E-state index is 13.5. The van der Waals surface area contributed by atoms with Crippen molar-refractivity contribution in [2.75, 3.05) is 7.11 Å². The van der Waals surface area contributed by atoms with Crippen molar-refractivity contribution in [3.05, 3.63) is 60.0 Å². The molecule has 3 aromatic rings. The van der Waals surface area contributed by atoms with Crippen LogP contribution in [-0.4, -0.2) is 45.0 Å². The summed E-state index contributed by atoms with van der Waals surface area (Å²) in [5.41, 5.74) is 1.12. The molecule has 1 aromatic heterocycles. The molecule has 0 aliphatic heterocycles. The molecule has 1 heterocycles. The Morgan fingerprint density at radius 2 is 1.88 bits per heavy atom. The summed E-state index contributed by atoms with van der Waals surface area (Å²) in [5, 5.41) is 26.9. The average Bonchev–Trinajstić information content (AvgIpc) is 3.18. The van der Waals surface area contributed by atoms with E-state index in [4.69, 9.17) is 4.74 Å². The minimum absolute atomic E-state index is 0.0128. The fraction of sp³-hybridized carbons (Fsp3) is 0.292. The van der Waals surface area contributed by atoms with Crippen molar-refractivity contribution >= 4 is 11.9 Å². The van der Waals surface area contributed by atoms with Crippen molar-refractivity contribution < 1.29 is 28.9 Å². The number of phenolic OH excluding ortho intramolecular Hbond substituents is 1. The third-order valence-corrected chi connectivity index (χ3v) is 5.01. The molecule has 0 saturated carbocycles. The van der Waals surface area contributed by atoms with E-state index < -0.39 is 23.7 Å². The number of methoxy groups -OCH3 is 1. The molecule has 174 valence electrons. The Labute approximate surface area is 190 Å². The molecule has 2 aromatic carbocycles. The lowest BCUT2D eigenvalue weighted by Crippen LogP contribution is -2.37. The zero-order valence-electron chi connectivity index (χ0n) is 18.6. The molecule has 9 heteroatoms. The molecule has 0 radical (unpaired) electrons. The van der Waals surface area contributed by atoms with Gasteiger partial charge in [0.25, 0.3) is 5.91 Å². The predicted octanol–water partition coefficient (Wildman–Crippen LogP) is 4.01. The number of aromatic hydroxyl groups is 1. The second kappa shape index (κ2) is 10.2. The Hall–Kier alpha value is -3.88. The van der Waals surface area contributed by atoms with E-state index in [2.05, 4.69) is 10.4 Å². The number of benzene rings is 2. The summed E-state index contributed by atoms with van der Waals surface area (Å²) in [6.07, 6.45) is 0.264. The highest BCUT2D eigenvalue weighted by molar-refractivity contribution is 5.94. The van der Waals surface area contributed by atoms with Gasteiger partial charge >= 0.3 is 5.97 Å². The lowest BCUT2D eigenvalue weighted by atomic mass is 10.0. The molecule has 0 aliphatic carbocycles. The predicted molar refractivity (Wildman–Crippen MR) is 120 cm³/mol. The Morgan fingerprint density at radius 3 is 2.48 bits per heavy atom. The normalized spacial score (nSPS) is 11.9. The number of hydrogen-bond acceptors (Lipinski definition) is 5. The number of carboxylic acid groups (broad SMARTS) is 1. The van der Waals surface area contributed by atoms with Crippen LogP contribution in [0.2, 0.25) is 0 Å². The SMILES string of the molecule is COc1cccc(O)c1-c1cc(C(=O)N[C@H](CC(=O)O)CC(C)C)nn1-c1ccc(F)cc1. The van der Waals surface area contributed by atoms with Gasteiger partial charge < -0.3 is 20.3 Å². The monoisotopic (exact) mass is 455 g/mol. The van der Waals surface area contributed by atoms with Crippen LogP contribution in [0.1, 0.15) is 37.2 Å². The van der Waals surface area contributed by atoms with E-state index in [1.807, 2.05) is 13.8 Å². The van der Waals surface area contributed by atoms with E-state index in [9.17, 15) is 24.2 Å². The fourth-order valence-corrected chi connectivity index (χ4v) is 3.63. The van der Waals surface area contributed by atoms with Crippen LogP contribution in [0.15, 0.2) is 48.5 Å². The lowest BCUT2D eigenvalue weighted by molar-refractivity contribution is -0.137. The number of carboxylic acids is 1. The number of aliphatic carboxylic acids is 1. The number of carbonyl (C=O) groups excluding carboxylic acids is 1. The largest absolute Gasteiger partial charge is 0.507 e. The van der Waals surface area contributed by atoms with E-state index >= 15 is 0 Å². The number of halogens is 1. The first kappa shape index (κ1) is 23.8. The fourth-order valence-electron chi connectivity index (χ4n) is 3.63. The van der Waals surface area contributed by atoms with Gasteiger partial charge in [-0.25, -0.2) is 9.07 Å². The number of nitrogens with one attached hydrogen (secondary N) is 1. The number of ether oxygens (including phenoxy) is 1. The highest BCUT2D eigenvalue weighted by Crippen LogP contribution is 2.39. The maximum atomic E-state index is 13.5. The van der Waals surface area contributed by atoms with Crippen molar-refractivity contribution in [2.24, 2.45) is 5.92 Å². The molecule has 0 aliphatic rings. The summed E-state index contributed by atoms with van der Waals surface area (Å²) >= 11 is 0. The Kier molecular flexibility index (Phi) is 7.32. The van der Waals surface area contributed by atoms with Gasteiger partial charge in [-0.1, -0.05) is 19.9 Å². The van der Waals surface area contributed by atoms with Crippen LogP contribution in [-0.2, 0) is 4.79 Å². The van der Waals surface area contributed by atoms with Crippen molar-refractivity contribution in [3.8, 4) is 28.4 Å². The third-order valence-electron chi connectivity index (χ3n) is 5.01. The molecular weight excluding hydrogens is 429 g/mol. The smallest absolute Gasteiger partial charge is 0.305 e. The number of amides is 1. The van der Waals surface area contributed by atoms with Crippen LogP contribution in [0.3, 0.4) is 0 Å².